The Morgan fingerprint density at radius 1 is 1.38 bits per heavy atom. The molecule has 1 aromatic rings. The van der Waals surface area contributed by atoms with Gasteiger partial charge in [-0.3, -0.25) is 0 Å². The predicted molar refractivity (Wildman–Crippen MR) is 63.8 cm³/mol. The number of halogens is 3. The van der Waals surface area contributed by atoms with Crippen molar-refractivity contribution in [1.82, 2.24) is 0 Å². The Labute approximate surface area is 108 Å². The van der Waals surface area contributed by atoms with Gasteiger partial charge < -0.3 is 9.84 Å². The van der Waals surface area contributed by atoms with Crippen molar-refractivity contribution >= 4 is 40.8 Å². The fraction of sp³-hybridized carbons (Fsp3) is 0.300. The Kier molecular flexibility index (Phi) is 4.71. The Bertz CT molecular complexity index is 383. The minimum atomic E-state index is -1.04. The Hall–Kier alpha value is -0.640. The van der Waals surface area contributed by atoms with Crippen LogP contribution < -0.4 is 4.74 Å². The van der Waals surface area contributed by atoms with Gasteiger partial charge in [-0.25, -0.2) is 4.79 Å². The van der Waals surface area contributed by atoms with Crippen molar-refractivity contribution < 1.29 is 14.6 Å². The maximum Gasteiger partial charge on any atom is 0.344 e. The molecule has 16 heavy (non-hydrogen) atoms. The third-order valence-electron chi connectivity index (χ3n) is 1.88. The molecule has 0 bridgehead atoms. The van der Waals surface area contributed by atoms with Gasteiger partial charge in [0.25, 0.3) is 0 Å². The topological polar surface area (TPSA) is 46.5 Å². The van der Waals surface area contributed by atoms with E-state index in [9.17, 15) is 4.79 Å². The zero-order chi connectivity index (χ0) is 12.3. The van der Waals surface area contributed by atoms with Gasteiger partial charge in [-0.2, -0.15) is 0 Å². The van der Waals surface area contributed by atoms with Crippen LogP contribution in [0.25, 0.3) is 0 Å². The van der Waals surface area contributed by atoms with E-state index in [4.69, 9.17) is 44.6 Å². The van der Waals surface area contributed by atoms with Gasteiger partial charge in [-0.15, -0.1) is 0 Å². The summed E-state index contributed by atoms with van der Waals surface area (Å²) in [4.78, 5) is 10.8. The Balaban J connectivity index is 2.93. The fourth-order valence-corrected chi connectivity index (χ4v) is 1.65. The van der Waals surface area contributed by atoms with E-state index >= 15 is 0 Å². The lowest BCUT2D eigenvalue weighted by Gasteiger charge is -2.14. The number of carboxylic acid groups (broad SMARTS) is 1. The number of hydrogen-bond acceptors (Lipinski definition) is 2. The van der Waals surface area contributed by atoms with E-state index in [0.717, 1.165) is 0 Å². The van der Waals surface area contributed by atoms with Crippen LogP contribution in [0.4, 0.5) is 0 Å². The number of rotatable bonds is 4. The summed E-state index contributed by atoms with van der Waals surface area (Å²) >= 11 is 17.3. The number of ether oxygens (including phenoxy) is 1. The fourth-order valence-electron chi connectivity index (χ4n) is 1.07. The smallest absolute Gasteiger partial charge is 0.344 e. The van der Waals surface area contributed by atoms with Crippen LogP contribution >= 0.6 is 34.8 Å². The lowest BCUT2D eigenvalue weighted by Crippen LogP contribution is -2.25. The molecule has 0 fully saturated rings. The SMILES string of the molecule is CCC(Oc1cc(Cl)c(Cl)c(Cl)c1)C(=O)O. The van der Waals surface area contributed by atoms with Crippen LogP contribution in [0.15, 0.2) is 12.1 Å². The second kappa shape index (κ2) is 5.62. The van der Waals surface area contributed by atoms with Crippen molar-refractivity contribution in [2.75, 3.05) is 0 Å². The van der Waals surface area contributed by atoms with Gasteiger partial charge in [0.1, 0.15) is 5.75 Å². The maximum atomic E-state index is 10.8. The number of benzene rings is 1. The molecule has 1 aromatic carbocycles. The molecular weight excluding hydrogens is 274 g/mol. The molecule has 0 spiro atoms. The molecule has 0 saturated carbocycles. The van der Waals surface area contributed by atoms with Crippen molar-refractivity contribution in [3.05, 3.63) is 27.2 Å². The van der Waals surface area contributed by atoms with Crippen molar-refractivity contribution in [3.8, 4) is 5.75 Å². The van der Waals surface area contributed by atoms with E-state index in [1.165, 1.54) is 12.1 Å². The normalized spacial score (nSPS) is 12.2. The summed E-state index contributed by atoms with van der Waals surface area (Å²) in [5.74, 6) is -0.752. The summed E-state index contributed by atoms with van der Waals surface area (Å²) < 4.78 is 5.21. The van der Waals surface area contributed by atoms with Crippen LogP contribution in [0.1, 0.15) is 13.3 Å². The first-order chi connectivity index (χ1) is 7.45. The zero-order valence-electron chi connectivity index (χ0n) is 8.34. The van der Waals surface area contributed by atoms with Crippen LogP contribution in [0, 0.1) is 0 Å². The molecule has 1 N–H and O–H groups in total. The lowest BCUT2D eigenvalue weighted by atomic mass is 10.2. The predicted octanol–water partition coefficient (Wildman–Crippen LogP) is 3.89. The minimum Gasteiger partial charge on any atom is -0.479 e. The summed E-state index contributed by atoms with van der Waals surface area (Å²) in [6.07, 6.45) is -0.582. The van der Waals surface area contributed by atoms with Gasteiger partial charge in [0.15, 0.2) is 6.10 Å². The second-order valence-corrected chi connectivity index (χ2v) is 4.25. The molecule has 0 aliphatic heterocycles. The summed E-state index contributed by atoms with van der Waals surface area (Å²) in [5.41, 5.74) is 0. The highest BCUT2D eigenvalue weighted by Crippen LogP contribution is 2.34. The third-order valence-corrected chi connectivity index (χ3v) is 3.08. The summed E-state index contributed by atoms with van der Waals surface area (Å²) in [5, 5.41) is 9.48. The molecular formula is C10H9Cl3O3. The maximum absolute atomic E-state index is 10.8. The number of aliphatic carboxylic acids is 1. The Morgan fingerprint density at radius 2 is 1.88 bits per heavy atom. The van der Waals surface area contributed by atoms with Crippen molar-refractivity contribution in [2.24, 2.45) is 0 Å². The van der Waals surface area contributed by atoms with Crippen molar-refractivity contribution in [3.63, 3.8) is 0 Å². The van der Waals surface area contributed by atoms with Crippen LogP contribution in [0.5, 0.6) is 5.75 Å². The number of carboxylic acids is 1. The minimum absolute atomic E-state index is 0.221. The van der Waals surface area contributed by atoms with E-state index in [0.29, 0.717) is 6.42 Å². The van der Waals surface area contributed by atoms with Gasteiger partial charge in [0, 0.05) is 12.1 Å². The highest BCUT2D eigenvalue weighted by Gasteiger charge is 2.17. The van der Waals surface area contributed by atoms with Crippen LogP contribution in [-0.4, -0.2) is 17.2 Å². The molecule has 3 nitrogen and oxygen atoms in total. The molecule has 0 saturated heterocycles. The lowest BCUT2D eigenvalue weighted by molar-refractivity contribution is -0.145. The molecule has 6 heteroatoms. The molecule has 1 rings (SSSR count). The van der Waals surface area contributed by atoms with Gasteiger partial charge >= 0.3 is 5.97 Å². The van der Waals surface area contributed by atoms with E-state index in [-0.39, 0.29) is 20.8 Å². The molecule has 0 heterocycles. The first-order valence-electron chi connectivity index (χ1n) is 4.49. The standard InChI is InChI=1S/C10H9Cl3O3/c1-2-8(10(14)15)16-5-3-6(11)9(13)7(12)4-5/h3-4,8H,2H2,1H3,(H,14,15). The highest BCUT2D eigenvalue weighted by atomic mass is 35.5. The quantitative estimate of drug-likeness (QED) is 0.853. The van der Waals surface area contributed by atoms with Gasteiger partial charge in [0.05, 0.1) is 15.1 Å². The molecule has 0 aromatic heterocycles. The van der Waals surface area contributed by atoms with Crippen molar-refractivity contribution in [2.45, 2.75) is 19.4 Å². The molecule has 0 amide bonds. The summed E-state index contributed by atoms with van der Waals surface area (Å²) in [6.45, 7) is 1.71. The third kappa shape index (κ3) is 3.17. The van der Waals surface area contributed by atoms with E-state index in [1.54, 1.807) is 6.92 Å². The molecule has 88 valence electrons. The first-order valence-corrected chi connectivity index (χ1v) is 5.63. The van der Waals surface area contributed by atoms with Crippen LogP contribution in [0.3, 0.4) is 0 Å². The van der Waals surface area contributed by atoms with Gasteiger partial charge in [-0.1, -0.05) is 41.7 Å². The summed E-state index contributed by atoms with van der Waals surface area (Å²) in [6, 6.07) is 2.86. The van der Waals surface area contributed by atoms with Crippen LogP contribution in [0.2, 0.25) is 15.1 Å². The highest BCUT2D eigenvalue weighted by molar-refractivity contribution is 6.48. The molecule has 0 radical (unpaired) electrons. The molecule has 0 aliphatic rings. The average molecular weight is 284 g/mol. The van der Waals surface area contributed by atoms with E-state index in [1.807, 2.05) is 0 Å². The second-order valence-electron chi connectivity index (χ2n) is 3.05. The first kappa shape index (κ1) is 13.4. The molecule has 0 aliphatic carbocycles. The molecule has 1 unspecified atom stereocenters. The average Bonchev–Trinajstić information content (AvgIpc) is 2.21. The van der Waals surface area contributed by atoms with Gasteiger partial charge in [-0.05, 0) is 6.42 Å². The zero-order valence-corrected chi connectivity index (χ0v) is 10.6. The summed E-state index contributed by atoms with van der Waals surface area (Å²) in [7, 11) is 0. The Morgan fingerprint density at radius 3 is 2.25 bits per heavy atom. The monoisotopic (exact) mass is 282 g/mol. The van der Waals surface area contributed by atoms with E-state index in [2.05, 4.69) is 0 Å². The van der Waals surface area contributed by atoms with Gasteiger partial charge in [0.2, 0.25) is 0 Å². The number of hydrogen-bond donors (Lipinski definition) is 1. The number of carbonyl (C=O) groups is 1. The van der Waals surface area contributed by atoms with Crippen molar-refractivity contribution in [1.29, 1.82) is 0 Å². The van der Waals surface area contributed by atoms with E-state index < -0.39 is 12.1 Å². The largest absolute Gasteiger partial charge is 0.479 e. The van der Waals surface area contributed by atoms with Crippen LogP contribution in [-0.2, 0) is 4.79 Å². The molecule has 1 atom stereocenters.